The van der Waals surface area contributed by atoms with Crippen LogP contribution in [0.25, 0.3) is 0 Å². The van der Waals surface area contributed by atoms with Gasteiger partial charge in [-0.25, -0.2) is 0 Å². The number of unbranched alkanes of at least 4 members (excludes halogenated alkanes) is 49. The van der Waals surface area contributed by atoms with Crippen molar-refractivity contribution in [2.24, 2.45) is 0 Å². The van der Waals surface area contributed by atoms with Crippen LogP contribution in [0, 0.1) is 0 Å². The average Bonchev–Trinajstić information content (AvgIpc) is 3.47. The van der Waals surface area contributed by atoms with Crippen LogP contribution in [-0.2, 0) is 28.6 Å². The zero-order chi connectivity index (χ0) is 59.2. The lowest BCUT2D eigenvalue weighted by Crippen LogP contribution is -2.30. The molecule has 6 heteroatoms. The number of carbonyl (C=O) groups excluding carboxylic acids is 3. The molecular weight excluding hydrogens is 1010 g/mol. The molecule has 0 aliphatic rings. The molecule has 0 saturated carbocycles. The van der Waals surface area contributed by atoms with Gasteiger partial charge in [0.15, 0.2) is 6.10 Å². The first-order chi connectivity index (χ1) is 40.5. The third-order valence-electron chi connectivity index (χ3n) is 16.6. The van der Waals surface area contributed by atoms with Gasteiger partial charge < -0.3 is 14.2 Å². The van der Waals surface area contributed by atoms with Crippen molar-refractivity contribution in [3.05, 3.63) is 48.6 Å². The monoisotopic (exact) mass is 1150 g/mol. The van der Waals surface area contributed by atoms with E-state index in [1.54, 1.807) is 0 Å². The van der Waals surface area contributed by atoms with E-state index in [0.29, 0.717) is 19.3 Å². The molecule has 0 amide bonds. The lowest BCUT2D eigenvalue weighted by molar-refractivity contribution is -0.167. The fraction of sp³-hybridized carbons (Fsp3) is 0.855. The van der Waals surface area contributed by atoms with E-state index in [9.17, 15) is 14.4 Å². The summed E-state index contributed by atoms with van der Waals surface area (Å²) in [6.45, 7) is 6.67. The van der Waals surface area contributed by atoms with Gasteiger partial charge in [0.05, 0.1) is 0 Å². The molecule has 1 atom stereocenters. The van der Waals surface area contributed by atoms with Crippen molar-refractivity contribution in [1.29, 1.82) is 0 Å². The van der Waals surface area contributed by atoms with Crippen LogP contribution >= 0.6 is 0 Å². The highest BCUT2D eigenvalue weighted by molar-refractivity contribution is 5.71. The lowest BCUT2D eigenvalue weighted by atomic mass is 10.0. The van der Waals surface area contributed by atoms with Crippen molar-refractivity contribution >= 4 is 17.9 Å². The van der Waals surface area contributed by atoms with Gasteiger partial charge in [-0.05, 0) is 83.5 Å². The number of rotatable bonds is 68. The van der Waals surface area contributed by atoms with Gasteiger partial charge in [-0.3, -0.25) is 14.4 Å². The molecule has 0 heterocycles. The SMILES string of the molecule is CCCCCCC/C=C\C/C=C\C/C=C\CCCCCCCCC(=O)OC(COC(=O)CCCCCCCCCCCC)COC(=O)CCCCCCCCCCCCCCCCCCCCCCC/C=C\CCCCCCCCCC. The van der Waals surface area contributed by atoms with Gasteiger partial charge in [0.25, 0.3) is 0 Å². The van der Waals surface area contributed by atoms with Crippen molar-refractivity contribution in [1.82, 2.24) is 0 Å². The first-order valence-electron chi connectivity index (χ1n) is 36.6. The standard InChI is InChI=1S/C76H140O6/c1-4-7-10-13-16-19-22-24-26-28-30-32-33-34-35-36-37-38-39-40-41-42-43-45-46-48-50-52-54-57-60-63-66-69-75(78)81-72-73(71-80-74(77)68-65-62-59-56-21-18-15-12-9-6-3)82-76(79)70-67-64-61-58-55-53-51-49-47-44-31-29-27-25-23-20-17-14-11-8-5-2/h23,25,28-31,47,49,73H,4-22,24,26-27,32-46,48,50-72H2,1-3H3/b25-23-,30-28-,31-29-,49-47-. The minimum Gasteiger partial charge on any atom is -0.462 e. The molecule has 0 aromatic carbocycles. The number of hydrogen-bond donors (Lipinski definition) is 0. The normalized spacial score (nSPS) is 12.3. The minimum absolute atomic E-state index is 0.0736. The van der Waals surface area contributed by atoms with Crippen molar-refractivity contribution in [3.63, 3.8) is 0 Å². The smallest absolute Gasteiger partial charge is 0.306 e. The highest BCUT2D eigenvalue weighted by Crippen LogP contribution is 2.18. The first kappa shape index (κ1) is 79.4. The zero-order valence-electron chi connectivity index (χ0n) is 55.3. The van der Waals surface area contributed by atoms with Crippen LogP contribution in [0.2, 0.25) is 0 Å². The summed E-state index contributed by atoms with van der Waals surface area (Å²) < 4.78 is 16.9. The Kier molecular flexibility index (Phi) is 68.6. The van der Waals surface area contributed by atoms with Crippen molar-refractivity contribution in [3.8, 4) is 0 Å². The lowest BCUT2D eigenvalue weighted by Gasteiger charge is -2.18. The van der Waals surface area contributed by atoms with E-state index >= 15 is 0 Å². The summed E-state index contributed by atoms with van der Waals surface area (Å²) in [6, 6.07) is 0. The molecule has 0 N–H and O–H groups in total. The Morgan fingerprint density at radius 1 is 0.244 bits per heavy atom. The molecular formula is C76H140O6. The highest BCUT2D eigenvalue weighted by atomic mass is 16.6. The summed E-state index contributed by atoms with van der Waals surface area (Å²) in [5.41, 5.74) is 0. The van der Waals surface area contributed by atoms with Gasteiger partial charge in [0.1, 0.15) is 13.2 Å². The predicted molar refractivity (Wildman–Crippen MR) is 358 cm³/mol. The molecule has 6 nitrogen and oxygen atoms in total. The van der Waals surface area contributed by atoms with Crippen LogP contribution in [0.1, 0.15) is 400 Å². The fourth-order valence-corrected chi connectivity index (χ4v) is 11.0. The summed E-state index contributed by atoms with van der Waals surface area (Å²) >= 11 is 0. The highest BCUT2D eigenvalue weighted by Gasteiger charge is 2.19. The number of carbonyl (C=O) groups is 3. The van der Waals surface area contributed by atoms with Gasteiger partial charge >= 0.3 is 17.9 Å². The molecule has 0 rings (SSSR count). The van der Waals surface area contributed by atoms with Crippen molar-refractivity contribution in [2.45, 2.75) is 406 Å². The van der Waals surface area contributed by atoms with E-state index < -0.39 is 6.10 Å². The Bertz CT molecular complexity index is 1410. The maximum atomic E-state index is 12.9. The molecule has 0 aliphatic carbocycles. The van der Waals surface area contributed by atoms with Crippen molar-refractivity contribution < 1.29 is 28.6 Å². The molecule has 0 saturated heterocycles. The molecule has 1 unspecified atom stereocenters. The molecule has 480 valence electrons. The number of esters is 3. The van der Waals surface area contributed by atoms with E-state index in [1.807, 2.05) is 0 Å². The topological polar surface area (TPSA) is 78.9 Å². The largest absolute Gasteiger partial charge is 0.462 e. The van der Waals surface area contributed by atoms with Crippen molar-refractivity contribution in [2.75, 3.05) is 13.2 Å². The Morgan fingerprint density at radius 2 is 0.439 bits per heavy atom. The van der Waals surface area contributed by atoms with E-state index in [1.165, 1.54) is 283 Å². The molecule has 82 heavy (non-hydrogen) atoms. The summed E-state index contributed by atoms with van der Waals surface area (Å²) in [5, 5.41) is 0. The number of ether oxygens (including phenoxy) is 3. The van der Waals surface area contributed by atoms with E-state index in [-0.39, 0.29) is 31.1 Å². The van der Waals surface area contributed by atoms with Crippen LogP contribution in [0.15, 0.2) is 48.6 Å². The molecule has 0 aliphatic heterocycles. The molecule has 0 bridgehead atoms. The number of allylic oxidation sites excluding steroid dienone is 8. The van der Waals surface area contributed by atoms with Crippen LogP contribution in [0.5, 0.6) is 0 Å². The quantitative estimate of drug-likeness (QED) is 0.0261. The van der Waals surface area contributed by atoms with E-state index in [0.717, 1.165) is 77.0 Å². The third-order valence-corrected chi connectivity index (χ3v) is 16.6. The van der Waals surface area contributed by atoms with Gasteiger partial charge in [-0.2, -0.15) is 0 Å². The maximum absolute atomic E-state index is 12.9. The van der Waals surface area contributed by atoms with Crippen LogP contribution in [0.4, 0.5) is 0 Å². The predicted octanol–water partition coefficient (Wildman–Crippen LogP) is 25.3. The summed E-state index contributed by atoms with van der Waals surface area (Å²) in [5.74, 6) is -0.863. The van der Waals surface area contributed by atoms with E-state index in [2.05, 4.69) is 69.4 Å². The molecule has 0 aromatic rings. The molecule has 0 spiro atoms. The third kappa shape index (κ3) is 68.2. The van der Waals surface area contributed by atoms with Gasteiger partial charge in [0, 0.05) is 19.3 Å². The van der Waals surface area contributed by atoms with Crippen LogP contribution in [-0.4, -0.2) is 37.2 Å². The summed E-state index contributed by atoms with van der Waals surface area (Å²) in [6.07, 6.45) is 90.3. The Balaban J connectivity index is 4.09. The van der Waals surface area contributed by atoms with Gasteiger partial charge in [-0.1, -0.05) is 345 Å². The fourth-order valence-electron chi connectivity index (χ4n) is 11.0. The molecule has 0 fully saturated rings. The second-order valence-electron chi connectivity index (χ2n) is 24.9. The minimum atomic E-state index is -0.778. The Labute approximate surface area is 511 Å². The maximum Gasteiger partial charge on any atom is 0.306 e. The molecule has 0 radical (unpaired) electrons. The van der Waals surface area contributed by atoms with E-state index in [4.69, 9.17) is 14.2 Å². The number of hydrogen-bond acceptors (Lipinski definition) is 6. The first-order valence-corrected chi connectivity index (χ1v) is 36.6. The van der Waals surface area contributed by atoms with Gasteiger partial charge in [0.2, 0.25) is 0 Å². The van der Waals surface area contributed by atoms with Crippen LogP contribution in [0.3, 0.4) is 0 Å². The van der Waals surface area contributed by atoms with Crippen LogP contribution < -0.4 is 0 Å². The zero-order valence-corrected chi connectivity index (χ0v) is 55.3. The second kappa shape index (κ2) is 70.9. The second-order valence-corrected chi connectivity index (χ2v) is 24.9. The summed E-state index contributed by atoms with van der Waals surface area (Å²) in [7, 11) is 0. The summed E-state index contributed by atoms with van der Waals surface area (Å²) in [4.78, 5) is 38.3. The average molecular weight is 1150 g/mol. The Hall–Kier alpha value is -2.63. The Morgan fingerprint density at radius 3 is 0.695 bits per heavy atom. The molecule has 0 aromatic heterocycles. The van der Waals surface area contributed by atoms with Gasteiger partial charge in [-0.15, -0.1) is 0 Å².